The number of hydrogen-bond donors (Lipinski definition) is 2. The fourth-order valence-corrected chi connectivity index (χ4v) is 2.95. The summed E-state index contributed by atoms with van der Waals surface area (Å²) in [4.78, 5) is 0. The normalized spacial score (nSPS) is 22.6. The van der Waals surface area contributed by atoms with Crippen LogP contribution in [0.1, 0.15) is 37.4 Å². The average molecular weight is 303 g/mol. The number of halogens is 1. The Labute approximate surface area is 110 Å². The van der Waals surface area contributed by atoms with Gasteiger partial charge in [0.25, 0.3) is 0 Å². The van der Waals surface area contributed by atoms with E-state index in [0.717, 1.165) is 29.6 Å². The van der Waals surface area contributed by atoms with Crippen molar-refractivity contribution in [3.63, 3.8) is 0 Å². The quantitative estimate of drug-likeness (QED) is 0.656. The summed E-state index contributed by atoms with van der Waals surface area (Å²) < 4.78 is 8.58. The highest BCUT2D eigenvalue weighted by Crippen LogP contribution is 2.28. The molecule has 3 N–H and O–H groups in total. The molecule has 2 atom stereocenters. The average Bonchev–Trinajstić information content (AvgIpc) is 2.68. The van der Waals surface area contributed by atoms with E-state index in [0.29, 0.717) is 6.10 Å². The van der Waals surface area contributed by atoms with Gasteiger partial charge in [-0.15, -0.1) is 0 Å². The predicted molar refractivity (Wildman–Crippen MR) is 69.2 cm³/mol. The number of aryl methyl sites for hydroxylation is 1. The first-order chi connectivity index (χ1) is 8.22. The first-order valence-electron chi connectivity index (χ1n) is 5.97. The van der Waals surface area contributed by atoms with Crippen LogP contribution in [-0.4, -0.2) is 22.5 Å². The SMILES string of the molecule is Cn1ncc(Br)c1C(CC1CCCCO1)NN. The molecular weight excluding hydrogens is 284 g/mol. The topological polar surface area (TPSA) is 65.1 Å². The molecule has 1 fully saturated rings. The Morgan fingerprint density at radius 3 is 3.06 bits per heavy atom. The van der Waals surface area contributed by atoms with Crippen LogP contribution in [-0.2, 0) is 11.8 Å². The van der Waals surface area contributed by atoms with Crippen molar-refractivity contribution in [2.75, 3.05) is 6.61 Å². The van der Waals surface area contributed by atoms with Gasteiger partial charge in [0.15, 0.2) is 0 Å². The van der Waals surface area contributed by atoms with Gasteiger partial charge in [0.1, 0.15) is 0 Å². The number of hydrogen-bond acceptors (Lipinski definition) is 4. The van der Waals surface area contributed by atoms with E-state index in [2.05, 4.69) is 26.5 Å². The first kappa shape index (κ1) is 13.0. The molecule has 17 heavy (non-hydrogen) atoms. The van der Waals surface area contributed by atoms with Gasteiger partial charge in [0.2, 0.25) is 0 Å². The van der Waals surface area contributed by atoms with E-state index in [4.69, 9.17) is 10.6 Å². The highest BCUT2D eigenvalue weighted by Gasteiger charge is 2.23. The summed E-state index contributed by atoms with van der Waals surface area (Å²) in [5.41, 5.74) is 3.93. The molecule has 2 heterocycles. The number of aromatic nitrogens is 2. The zero-order valence-corrected chi connectivity index (χ0v) is 11.6. The molecule has 96 valence electrons. The van der Waals surface area contributed by atoms with Crippen molar-refractivity contribution in [2.24, 2.45) is 12.9 Å². The highest BCUT2D eigenvalue weighted by molar-refractivity contribution is 9.10. The summed E-state index contributed by atoms with van der Waals surface area (Å²) in [6, 6.07) is 0.0694. The standard InChI is InChI=1S/C11H19BrN4O/c1-16-11(9(12)7-14-16)10(15-13)6-8-4-2-3-5-17-8/h7-8,10,15H,2-6,13H2,1H3. The van der Waals surface area contributed by atoms with Crippen LogP contribution in [0.25, 0.3) is 0 Å². The minimum Gasteiger partial charge on any atom is -0.378 e. The maximum Gasteiger partial charge on any atom is 0.0706 e. The molecule has 0 saturated carbocycles. The van der Waals surface area contributed by atoms with Crippen molar-refractivity contribution in [3.8, 4) is 0 Å². The van der Waals surface area contributed by atoms with Gasteiger partial charge in [-0.2, -0.15) is 5.10 Å². The van der Waals surface area contributed by atoms with E-state index in [1.165, 1.54) is 12.8 Å². The van der Waals surface area contributed by atoms with E-state index >= 15 is 0 Å². The molecule has 5 nitrogen and oxygen atoms in total. The zero-order valence-electron chi connectivity index (χ0n) is 10.0. The molecule has 1 saturated heterocycles. The lowest BCUT2D eigenvalue weighted by molar-refractivity contribution is 0.00451. The van der Waals surface area contributed by atoms with E-state index in [9.17, 15) is 0 Å². The van der Waals surface area contributed by atoms with Gasteiger partial charge in [-0.1, -0.05) is 0 Å². The molecule has 2 unspecified atom stereocenters. The molecule has 0 amide bonds. The largest absolute Gasteiger partial charge is 0.378 e. The van der Waals surface area contributed by atoms with Crippen LogP contribution in [0, 0.1) is 0 Å². The van der Waals surface area contributed by atoms with Crippen LogP contribution in [0.5, 0.6) is 0 Å². The fraction of sp³-hybridized carbons (Fsp3) is 0.727. The molecule has 1 aliphatic heterocycles. The third-order valence-corrected chi connectivity index (χ3v) is 3.85. The summed E-state index contributed by atoms with van der Waals surface area (Å²) in [5, 5.41) is 4.21. The van der Waals surface area contributed by atoms with Crippen molar-refractivity contribution in [1.82, 2.24) is 15.2 Å². The molecule has 2 rings (SSSR count). The monoisotopic (exact) mass is 302 g/mol. The number of nitrogens with one attached hydrogen (secondary N) is 1. The molecular formula is C11H19BrN4O. The van der Waals surface area contributed by atoms with E-state index in [1.54, 1.807) is 6.20 Å². The van der Waals surface area contributed by atoms with Crippen LogP contribution in [0.3, 0.4) is 0 Å². The van der Waals surface area contributed by atoms with Gasteiger partial charge in [0, 0.05) is 13.7 Å². The molecule has 0 aliphatic carbocycles. The van der Waals surface area contributed by atoms with Crippen molar-refractivity contribution in [2.45, 2.75) is 37.8 Å². The number of rotatable bonds is 4. The van der Waals surface area contributed by atoms with Crippen molar-refractivity contribution in [3.05, 3.63) is 16.4 Å². The molecule has 0 spiro atoms. The molecule has 0 bridgehead atoms. The fourth-order valence-electron chi connectivity index (χ4n) is 2.33. The number of hydrazine groups is 1. The number of nitrogens with two attached hydrogens (primary N) is 1. The van der Waals surface area contributed by atoms with Gasteiger partial charge in [0.05, 0.1) is 28.5 Å². The van der Waals surface area contributed by atoms with Gasteiger partial charge in [-0.3, -0.25) is 16.0 Å². The Hall–Kier alpha value is -0.430. The number of nitrogens with zero attached hydrogens (tertiary/aromatic N) is 2. The van der Waals surface area contributed by atoms with Crippen molar-refractivity contribution < 1.29 is 4.74 Å². The Morgan fingerprint density at radius 2 is 2.53 bits per heavy atom. The first-order valence-corrected chi connectivity index (χ1v) is 6.76. The molecule has 0 aromatic carbocycles. The Kier molecular flexibility index (Phi) is 4.55. The van der Waals surface area contributed by atoms with Gasteiger partial charge < -0.3 is 4.74 Å². The lowest BCUT2D eigenvalue weighted by Crippen LogP contribution is -2.34. The van der Waals surface area contributed by atoms with Gasteiger partial charge >= 0.3 is 0 Å². The molecule has 1 aromatic heterocycles. The summed E-state index contributed by atoms with van der Waals surface area (Å²) in [6.45, 7) is 0.870. The third kappa shape index (κ3) is 3.07. The van der Waals surface area contributed by atoms with Crippen LogP contribution < -0.4 is 11.3 Å². The smallest absolute Gasteiger partial charge is 0.0706 e. The summed E-state index contributed by atoms with van der Waals surface area (Å²) in [5.74, 6) is 5.65. The minimum absolute atomic E-state index is 0.0694. The second-order valence-electron chi connectivity index (χ2n) is 4.44. The molecule has 1 aromatic rings. The van der Waals surface area contributed by atoms with Crippen molar-refractivity contribution in [1.29, 1.82) is 0 Å². The lowest BCUT2D eigenvalue weighted by Gasteiger charge is -2.27. The van der Waals surface area contributed by atoms with Gasteiger partial charge in [-0.05, 0) is 41.6 Å². The lowest BCUT2D eigenvalue weighted by atomic mass is 10.0. The molecule has 0 radical (unpaired) electrons. The predicted octanol–water partition coefficient (Wildman–Crippen LogP) is 1.65. The van der Waals surface area contributed by atoms with Crippen LogP contribution >= 0.6 is 15.9 Å². The Morgan fingerprint density at radius 1 is 1.71 bits per heavy atom. The molecule has 6 heteroatoms. The summed E-state index contributed by atoms with van der Waals surface area (Å²) in [6.07, 6.45) is 6.51. The number of ether oxygens (including phenoxy) is 1. The zero-order chi connectivity index (χ0) is 12.3. The third-order valence-electron chi connectivity index (χ3n) is 3.24. The van der Waals surface area contributed by atoms with Gasteiger partial charge in [-0.25, -0.2) is 0 Å². The highest BCUT2D eigenvalue weighted by atomic mass is 79.9. The summed E-state index contributed by atoms with van der Waals surface area (Å²) in [7, 11) is 1.92. The van der Waals surface area contributed by atoms with Crippen LogP contribution in [0.4, 0.5) is 0 Å². The Balaban J connectivity index is 2.05. The Bertz CT molecular complexity index is 343. The molecule has 1 aliphatic rings. The maximum absolute atomic E-state index is 5.75. The van der Waals surface area contributed by atoms with E-state index in [-0.39, 0.29) is 6.04 Å². The van der Waals surface area contributed by atoms with Crippen LogP contribution in [0.2, 0.25) is 0 Å². The van der Waals surface area contributed by atoms with Crippen LogP contribution in [0.15, 0.2) is 10.7 Å². The second-order valence-corrected chi connectivity index (χ2v) is 5.30. The van der Waals surface area contributed by atoms with E-state index < -0.39 is 0 Å². The minimum atomic E-state index is 0.0694. The van der Waals surface area contributed by atoms with Crippen molar-refractivity contribution >= 4 is 15.9 Å². The second kappa shape index (κ2) is 5.95. The summed E-state index contributed by atoms with van der Waals surface area (Å²) >= 11 is 3.50. The maximum atomic E-state index is 5.75. The van der Waals surface area contributed by atoms with E-state index in [1.807, 2.05) is 11.7 Å².